The number of carbonyl (C=O) groups is 1. The van der Waals surface area contributed by atoms with Crippen LogP contribution < -0.4 is 0 Å². The summed E-state index contributed by atoms with van der Waals surface area (Å²) in [4.78, 5) is 18.3. The number of imidazole rings is 1. The van der Waals surface area contributed by atoms with E-state index in [-0.39, 0.29) is 5.78 Å². The molecule has 0 amide bonds. The van der Waals surface area contributed by atoms with Crippen LogP contribution in [0.4, 0.5) is 8.78 Å². The number of aromatic nitrogens is 2. The third kappa shape index (κ3) is 2.06. The minimum Gasteiger partial charge on any atom is -0.288 e. The van der Waals surface area contributed by atoms with Gasteiger partial charge in [0.05, 0.1) is 15.9 Å². The molecule has 4 rings (SSSR count). The predicted molar refractivity (Wildman–Crippen MR) is 89.8 cm³/mol. The molecule has 0 aliphatic heterocycles. The maximum absolute atomic E-state index is 13.6. The zero-order valence-corrected chi connectivity index (χ0v) is 13.7. The number of ketones is 1. The van der Waals surface area contributed by atoms with Crippen molar-refractivity contribution in [1.82, 2.24) is 9.38 Å². The molecule has 0 radical (unpaired) electrons. The summed E-state index contributed by atoms with van der Waals surface area (Å²) >= 11 is 1.23. The standard InChI is InChI=1S/C18H12F2N2OS/c1-9-5-3-4-6-11(9)16(23)17-10(2)22-15-8-13(20)12(19)7-14(15)21-18(22)24-17/h3-8H,1-2H3. The molecule has 24 heavy (non-hydrogen) atoms. The van der Waals surface area contributed by atoms with Gasteiger partial charge in [-0.2, -0.15) is 0 Å². The number of nitrogens with zero attached hydrogens (tertiary/aromatic N) is 2. The molecule has 0 atom stereocenters. The van der Waals surface area contributed by atoms with Gasteiger partial charge in [-0.3, -0.25) is 9.20 Å². The monoisotopic (exact) mass is 342 g/mol. The van der Waals surface area contributed by atoms with E-state index in [9.17, 15) is 13.6 Å². The Kier molecular flexibility index (Phi) is 3.25. The molecule has 0 unspecified atom stereocenters. The number of halogens is 2. The molecule has 2 aromatic heterocycles. The summed E-state index contributed by atoms with van der Waals surface area (Å²) in [7, 11) is 0. The van der Waals surface area contributed by atoms with Crippen LogP contribution in [0.3, 0.4) is 0 Å². The summed E-state index contributed by atoms with van der Waals surface area (Å²) in [6.07, 6.45) is 0. The van der Waals surface area contributed by atoms with Crippen molar-refractivity contribution >= 4 is 33.1 Å². The van der Waals surface area contributed by atoms with Gasteiger partial charge in [-0.25, -0.2) is 13.8 Å². The largest absolute Gasteiger partial charge is 0.288 e. The van der Waals surface area contributed by atoms with Crippen LogP contribution in [0.5, 0.6) is 0 Å². The molecule has 120 valence electrons. The van der Waals surface area contributed by atoms with E-state index in [2.05, 4.69) is 4.98 Å². The van der Waals surface area contributed by atoms with E-state index < -0.39 is 11.6 Å². The van der Waals surface area contributed by atoms with E-state index >= 15 is 0 Å². The average Bonchev–Trinajstić information content (AvgIpc) is 3.05. The van der Waals surface area contributed by atoms with Crippen molar-refractivity contribution in [2.24, 2.45) is 0 Å². The molecular weight excluding hydrogens is 330 g/mol. The zero-order valence-electron chi connectivity index (χ0n) is 12.9. The zero-order chi connectivity index (χ0) is 17.0. The number of carbonyl (C=O) groups excluding carboxylic acids is 1. The lowest BCUT2D eigenvalue weighted by atomic mass is 10.0. The lowest BCUT2D eigenvalue weighted by molar-refractivity contribution is 0.104. The predicted octanol–water partition coefficient (Wildman–Crippen LogP) is 4.68. The lowest BCUT2D eigenvalue weighted by Gasteiger charge is -2.04. The molecule has 0 saturated heterocycles. The minimum absolute atomic E-state index is 0.0863. The highest BCUT2D eigenvalue weighted by atomic mass is 32.1. The summed E-state index contributed by atoms with van der Waals surface area (Å²) < 4.78 is 28.7. The van der Waals surface area contributed by atoms with Gasteiger partial charge in [-0.15, -0.1) is 0 Å². The Bertz CT molecular complexity index is 1130. The second-order valence-electron chi connectivity index (χ2n) is 5.65. The molecule has 0 spiro atoms. The number of hydrogen-bond donors (Lipinski definition) is 0. The quantitative estimate of drug-likeness (QED) is 0.496. The first-order chi connectivity index (χ1) is 11.5. The van der Waals surface area contributed by atoms with Crippen molar-refractivity contribution in [3.05, 3.63) is 69.7 Å². The molecule has 0 aliphatic carbocycles. The smallest absolute Gasteiger partial charge is 0.205 e. The van der Waals surface area contributed by atoms with E-state index in [1.165, 1.54) is 11.3 Å². The van der Waals surface area contributed by atoms with Crippen molar-refractivity contribution in [1.29, 1.82) is 0 Å². The molecule has 0 saturated carbocycles. The number of hydrogen-bond acceptors (Lipinski definition) is 3. The van der Waals surface area contributed by atoms with Crippen LogP contribution >= 0.6 is 11.3 Å². The number of fused-ring (bicyclic) bond motifs is 3. The van der Waals surface area contributed by atoms with Crippen molar-refractivity contribution in [3.63, 3.8) is 0 Å². The second-order valence-corrected chi connectivity index (χ2v) is 6.62. The number of aryl methyl sites for hydroxylation is 2. The Hall–Kier alpha value is -2.60. The van der Waals surface area contributed by atoms with Gasteiger partial charge in [0.25, 0.3) is 0 Å². The van der Waals surface area contributed by atoms with Gasteiger partial charge >= 0.3 is 0 Å². The van der Waals surface area contributed by atoms with E-state index in [0.717, 1.165) is 17.7 Å². The van der Waals surface area contributed by atoms with E-state index in [1.54, 1.807) is 17.4 Å². The van der Waals surface area contributed by atoms with Gasteiger partial charge in [0.1, 0.15) is 0 Å². The summed E-state index contributed by atoms with van der Waals surface area (Å²) in [5.74, 6) is -1.94. The first-order valence-corrected chi connectivity index (χ1v) is 8.16. The van der Waals surface area contributed by atoms with Crippen molar-refractivity contribution in [3.8, 4) is 0 Å². The van der Waals surface area contributed by atoms with Crippen LogP contribution in [0.1, 0.15) is 26.5 Å². The first kappa shape index (κ1) is 15.0. The Balaban J connectivity index is 1.95. The van der Waals surface area contributed by atoms with E-state index in [4.69, 9.17) is 0 Å². The topological polar surface area (TPSA) is 34.4 Å². The maximum Gasteiger partial charge on any atom is 0.205 e. The first-order valence-electron chi connectivity index (χ1n) is 7.34. The van der Waals surface area contributed by atoms with Crippen LogP contribution in [-0.2, 0) is 0 Å². The normalized spacial score (nSPS) is 11.5. The summed E-state index contributed by atoms with van der Waals surface area (Å²) in [5.41, 5.74) is 3.04. The number of rotatable bonds is 2. The molecule has 3 nitrogen and oxygen atoms in total. The highest BCUT2D eigenvalue weighted by Gasteiger charge is 2.21. The molecule has 4 aromatic rings. The van der Waals surface area contributed by atoms with Crippen LogP contribution in [0, 0.1) is 25.5 Å². The second kappa shape index (κ2) is 5.21. The average molecular weight is 342 g/mol. The van der Waals surface area contributed by atoms with Gasteiger partial charge in [0.15, 0.2) is 16.6 Å². The van der Waals surface area contributed by atoms with Crippen molar-refractivity contribution in [2.75, 3.05) is 0 Å². The van der Waals surface area contributed by atoms with Crippen molar-refractivity contribution < 1.29 is 13.6 Å². The maximum atomic E-state index is 13.6. The Labute approximate surface area is 140 Å². The van der Waals surface area contributed by atoms with Crippen LogP contribution in [-0.4, -0.2) is 15.2 Å². The fourth-order valence-corrected chi connectivity index (χ4v) is 3.97. The van der Waals surface area contributed by atoms with E-state index in [1.807, 2.05) is 25.1 Å². The highest BCUT2D eigenvalue weighted by molar-refractivity contribution is 7.19. The van der Waals surface area contributed by atoms with Crippen molar-refractivity contribution in [2.45, 2.75) is 13.8 Å². The molecule has 2 aromatic carbocycles. The third-order valence-corrected chi connectivity index (χ3v) is 5.26. The molecule has 2 heterocycles. The fourth-order valence-electron chi connectivity index (χ4n) is 2.87. The van der Waals surface area contributed by atoms with Gasteiger partial charge in [0, 0.05) is 23.4 Å². The summed E-state index contributed by atoms with van der Waals surface area (Å²) in [5, 5.41) is 0. The molecule has 0 fully saturated rings. The summed E-state index contributed by atoms with van der Waals surface area (Å²) in [6, 6.07) is 9.56. The van der Waals surface area contributed by atoms with Gasteiger partial charge in [-0.05, 0) is 19.4 Å². The molecule has 0 N–H and O–H groups in total. The number of thiazole rings is 1. The minimum atomic E-state index is -0.929. The molecule has 0 bridgehead atoms. The van der Waals surface area contributed by atoms with Crippen LogP contribution in [0.15, 0.2) is 36.4 Å². The fraction of sp³-hybridized carbons (Fsp3) is 0.111. The Morgan fingerprint density at radius 1 is 1.12 bits per heavy atom. The molecule has 6 heteroatoms. The third-order valence-electron chi connectivity index (χ3n) is 4.12. The SMILES string of the molecule is Cc1ccccc1C(=O)c1sc2nc3cc(F)c(F)cc3n2c1C. The summed E-state index contributed by atoms with van der Waals surface area (Å²) in [6.45, 7) is 3.67. The van der Waals surface area contributed by atoms with E-state index in [0.29, 0.717) is 32.1 Å². The number of benzene rings is 2. The van der Waals surface area contributed by atoms with Crippen LogP contribution in [0.25, 0.3) is 16.0 Å². The molecular formula is C18H12F2N2OS. The molecule has 0 aliphatic rings. The van der Waals surface area contributed by atoms with Crippen LogP contribution in [0.2, 0.25) is 0 Å². The van der Waals surface area contributed by atoms with Gasteiger partial charge < -0.3 is 0 Å². The van der Waals surface area contributed by atoms with Gasteiger partial charge in [0.2, 0.25) is 5.78 Å². The lowest BCUT2D eigenvalue weighted by Crippen LogP contribution is -2.04. The van der Waals surface area contributed by atoms with Gasteiger partial charge in [-0.1, -0.05) is 35.6 Å². The highest BCUT2D eigenvalue weighted by Crippen LogP contribution is 2.30. The Morgan fingerprint density at radius 3 is 2.58 bits per heavy atom. The Morgan fingerprint density at radius 2 is 1.83 bits per heavy atom.